The minimum Gasteiger partial charge on any atom is -0.483 e. The smallest absolute Gasteiger partial charge is 0.258 e. The maximum absolute atomic E-state index is 12.1. The fraction of sp³-hybridized carbons (Fsp3) is 0.250. The van der Waals surface area contributed by atoms with E-state index in [1.807, 2.05) is 54.6 Å². The van der Waals surface area contributed by atoms with Gasteiger partial charge in [0, 0.05) is 11.6 Å². The molecule has 0 spiro atoms. The normalized spacial score (nSPS) is 11.0. The zero-order valence-electron chi connectivity index (χ0n) is 18.1. The van der Waals surface area contributed by atoms with Crippen LogP contribution in [0.25, 0.3) is 17.0 Å². The van der Waals surface area contributed by atoms with Crippen LogP contribution in [0.2, 0.25) is 0 Å². The molecule has 2 heterocycles. The summed E-state index contributed by atoms with van der Waals surface area (Å²) in [7, 11) is 0. The van der Waals surface area contributed by atoms with E-state index < -0.39 is 0 Å². The van der Waals surface area contributed by atoms with Crippen LogP contribution in [-0.2, 0) is 4.79 Å². The Morgan fingerprint density at radius 3 is 2.56 bits per heavy atom. The van der Waals surface area contributed by atoms with E-state index in [-0.39, 0.29) is 19.1 Å². The summed E-state index contributed by atoms with van der Waals surface area (Å²) in [6.45, 7) is 4.74. The van der Waals surface area contributed by atoms with Gasteiger partial charge in [-0.25, -0.2) is 0 Å². The second kappa shape index (κ2) is 9.91. The van der Waals surface area contributed by atoms with Crippen LogP contribution in [-0.4, -0.2) is 45.5 Å². The molecular weight excluding hydrogens is 406 g/mol. The second-order valence-electron chi connectivity index (χ2n) is 7.51. The molecule has 1 N–H and O–H groups in total. The Morgan fingerprint density at radius 2 is 1.75 bits per heavy atom. The van der Waals surface area contributed by atoms with E-state index in [9.17, 15) is 4.79 Å². The van der Waals surface area contributed by atoms with Gasteiger partial charge in [0.25, 0.3) is 5.91 Å². The Balaban J connectivity index is 1.28. The quantitative estimate of drug-likeness (QED) is 0.408. The predicted octanol–water partition coefficient (Wildman–Crippen LogP) is 3.49. The van der Waals surface area contributed by atoms with Gasteiger partial charge in [0.15, 0.2) is 18.1 Å². The Kier molecular flexibility index (Phi) is 6.60. The number of hydrogen-bond donors (Lipinski definition) is 1. The molecule has 0 aliphatic heterocycles. The summed E-state index contributed by atoms with van der Waals surface area (Å²) in [6.07, 6.45) is 0. The predicted molar refractivity (Wildman–Crippen MR) is 121 cm³/mol. The summed E-state index contributed by atoms with van der Waals surface area (Å²) >= 11 is 0. The molecule has 0 atom stereocenters. The highest BCUT2D eigenvalue weighted by Gasteiger charge is 2.11. The third-order valence-electron chi connectivity index (χ3n) is 4.84. The Hall–Kier alpha value is -3.94. The monoisotopic (exact) mass is 431 g/mol. The topological polar surface area (TPSA) is 90.6 Å². The molecule has 4 aromatic rings. The van der Waals surface area contributed by atoms with Gasteiger partial charge in [-0.3, -0.25) is 4.79 Å². The van der Waals surface area contributed by atoms with E-state index >= 15 is 0 Å². The van der Waals surface area contributed by atoms with Crippen molar-refractivity contribution in [3.63, 3.8) is 0 Å². The lowest BCUT2D eigenvalue weighted by Crippen LogP contribution is -2.32. The van der Waals surface area contributed by atoms with Crippen LogP contribution in [0.3, 0.4) is 0 Å². The number of carbonyl (C=O) groups excluding carboxylic acids is 1. The van der Waals surface area contributed by atoms with Gasteiger partial charge in [0.2, 0.25) is 5.88 Å². The molecule has 2 aromatic heterocycles. The van der Waals surface area contributed by atoms with E-state index in [1.165, 1.54) is 0 Å². The van der Waals surface area contributed by atoms with Crippen LogP contribution in [0.5, 0.6) is 11.6 Å². The highest BCUT2D eigenvalue weighted by molar-refractivity contribution is 5.77. The van der Waals surface area contributed by atoms with E-state index in [0.29, 0.717) is 29.8 Å². The van der Waals surface area contributed by atoms with Gasteiger partial charge in [-0.05, 0) is 23.6 Å². The number of fused-ring (bicyclic) bond motifs is 1. The van der Waals surface area contributed by atoms with Crippen LogP contribution in [0.4, 0.5) is 0 Å². The number of para-hydroxylation sites is 1. The zero-order valence-corrected chi connectivity index (χ0v) is 18.1. The van der Waals surface area contributed by atoms with Crippen molar-refractivity contribution in [1.29, 1.82) is 0 Å². The van der Waals surface area contributed by atoms with Gasteiger partial charge in [-0.15, -0.1) is 15.3 Å². The SMILES string of the molecule is CC(C)c1ccccc1OCC(=O)NCCOc1ccc2nnc(-c3ccccc3)n2n1. The van der Waals surface area contributed by atoms with Crippen molar-refractivity contribution in [2.24, 2.45) is 0 Å². The average molecular weight is 431 g/mol. The molecule has 0 saturated heterocycles. The van der Waals surface area contributed by atoms with Gasteiger partial charge < -0.3 is 14.8 Å². The summed E-state index contributed by atoms with van der Waals surface area (Å²) < 4.78 is 13.0. The molecule has 164 valence electrons. The third kappa shape index (κ3) is 5.03. The van der Waals surface area contributed by atoms with Crippen molar-refractivity contribution in [2.75, 3.05) is 19.8 Å². The van der Waals surface area contributed by atoms with Gasteiger partial charge in [0.05, 0.1) is 6.54 Å². The number of amides is 1. The molecule has 2 aromatic carbocycles. The number of aromatic nitrogens is 4. The first-order chi connectivity index (χ1) is 15.6. The van der Waals surface area contributed by atoms with E-state index in [2.05, 4.69) is 34.5 Å². The minimum atomic E-state index is -0.208. The van der Waals surface area contributed by atoms with Gasteiger partial charge in [-0.1, -0.05) is 62.4 Å². The molecule has 8 nitrogen and oxygen atoms in total. The summed E-state index contributed by atoms with van der Waals surface area (Å²) in [5, 5.41) is 15.6. The van der Waals surface area contributed by atoms with Crippen LogP contribution < -0.4 is 14.8 Å². The summed E-state index contributed by atoms with van der Waals surface area (Å²) in [4.78, 5) is 12.1. The van der Waals surface area contributed by atoms with Crippen LogP contribution in [0.15, 0.2) is 66.7 Å². The molecule has 0 aliphatic rings. The Morgan fingerprint density at radius 1 is 0.969 bits per heavy atom. The summed E-state index contributed by atoms with van der Waals surface area (Å²) in [5.74, 6) is 1.90. The highest BCUT2D eigenvalue weighted by atomic mass is 16.5. The number of carbonyl (C=O) groups is 1. The lowest BCUT2D eigenvalue weighted by atomic mass is 10.0. The zero-order chi connectivity index (χ0) is 22.3. The van der Waals surface area contributed by atoms with E-state index in [4.69, 9.17) is 9.47 Å². The number of benzene rings is 2. The standard InChI is InChI=1S/C24H25N5O3/c1-17(2)19-10-6-7-11-20(19)32-16-22(30)25-14-15-31-23-13-12-21-26-27-24(29(21)28-23)18-8-4-3-5-9-18/h3-13,17H,14-16H2,1-2H3,(H,25,30). The second-order valence-corrected chi connectivity index (χ2v) is 7.51. The molecule has 0 aliphatic carbocycles. The molecule has 0 radical (unpaired) electrons. The molecule has 1 amide bonds. The first-order valence-corrected chi connectivity index (χ1v) is 10.5. The largest absolute Gasteiger partial charge is 0.483 e. The molecule has 4 rings (SSSR count). The lowest BCUT2D eigenvalue weighted by Gasteiger charge is -2.13. The molecule has 0 saturated carbocycles. The van der Waals surface area contributed by atoms with Crippen molar-refractivity contribution < 1.29 is 14.3 Å². The third-order valence-corrected chi connectivity index (χ3v) is 4.84. The van der Waals surface area contributed by atoms with Gasteiger partial charge in [-0.2, -0.15) is 4.52 Å². The van der Waals surface area contributed by atoms with Crippen molar-refractivity contribution in [3.05, 3.63) is 72.3 Å². The Labute approximate surface area is 186 Å². The van der Waals surface area contributed by atoms with Crippen LogP contribution >= 0.6 is 0 Å². The number of rotatable bonds is 9. The number of nitrogens with one attached hydrogen (secondary N) is 1. The molecule has 0 fully saturated rings. The van der Waals surface area contributed by atoms with Crippen LogP contribution in [0, 0.1) is 0 Å². The fourth-order valence-corrected chi connectivity index (χ4v) is 3.25. The maximum atomic E-state index is 12.1. The van der Waals surface area contributed by atoms with Gasteiger partial charge >= 0.3 is 0 Å². The molecule has 0 unspecified atom stereocenters. The van der Waals surface area contributed by atoms with Crippen molar-refractivity contribution in [3.8, 4) is 23.0 Å². The molecule has 8 heteroatoms. The number of ether oxygens (including phenoxy) is 2. The first-order valence-electron chi connectivity index (χ1n) is 10.5. The van der Waals surface area contributed by atoms with Crippen molar-refractivity contribution in [1.82, 2.24) is 25.1 Å². The molecular formula is C24H25N5O3. The maximum Gasteiger partial charge on any atom is 0.258 e. The average Bonchev–Trinajstić information content (AvgIpc) is 3.24. The van der Waals surface area contributed by atoms with E-state index in [1.54, 1.807) is 16.6 Å². The fourth-order valence-electron chi connectivity index (χ4n) is 3.25. The molecule has 32 heavy (non-hydrogen) atoms. The summed E-state index contributed by atoms with van der Waals surface area (Å²) in [5.41, 5.74) is 2.62. The lowest BCUT2D eigenvalue weighted by molar-refractivity contribution is -0.123. The van der Waals surface area contributed by atoms with Crippen LogP contribution in [0.1, 0.15) is 25.3 Å². The molecule has 0 bridgehead atoms. The van der Waals surface area contributed by atoms with Crippen molar-refractivity contribution >= 4 is 11.6 Å². The van der Waals surface area contributed by atoms with E-state index in [0.717, 1.165) is 16.9 Å². The number of hydrogen-bond acceptors (Lipinski definition) is 6. The summed E-state index contributed by atoms with van der Waals surface area (Å²) in [6, 6.07) is 21.0. The first kappa shape index (κ1) is 21.3. The van der Waals surface area contributed by atoms with Crippen molar-refractivity contribution in [2.45, 2.75) is 19.8 Å². The minimum absolute atomic E-state index is 0.0465. The van der Waals surface area contributed by atoms with Gasteiger partial charge in [0.1, 0.15) is 12.4 Å². The Bertz CT molecular complexity index is 1190. The number of nitrogens with zero attached hydrogens (tertiary/aromatic N) is 4. The highest BCUT2D eigenvalue weighted by Crippen LogP contribution is 2.25.